The van der Waals surface area contributed by atoms with Crippen LogP contribution in [0.15, 0.2) is 0 Å². The van der Waals surface area contributed by atoms with Crippen molar-refractivity contribution in [2.24, 2.45) is 0 Å². The van der Waals surface area contributed by atoms with Gasteiger partial charge in [-0.3, -0.25) is 4.90 Å². The summed E-state index contributed by atoms with van der Waals surface area (Å²) in [4.78, 5) is 13.4. The Morgan fingerprint density at radius 2 is 0.604 bits per heavy atom. The molecule has 0 saturated carbocycles. The maximum atomic E-state index is 5.43. The summed E-state index contributed by atoms with van der Waals surface area (Å²) in [6.45, 7) is 14.0. The molecule has 0 aromatic rings. The molecule has 53 heavy (non-hydrogen) atoms. The van der Waals surface area contributed by atoms with Crippen LogP contribution in [-0.4, -0.2) is 260 Å². The molecule has 2 atom stereocenters. The van der Waals surface area contributed by atoms with Gasteiger partial charge < -0.3 is 62.4 Å². The molecule has 0 heterocycles. The van der Waals surface area contributed by atoms with Crippen molar-refractivity contribution in [1.29, 1.82) is 0 Å². The summed E-state index contributed by atoms with van der Waals surface area (Å²) in [5.74, 6) is 0. The summed E-state index contributed by atoms with van der Waals surface area (Å²) in [5, 5.41) is 0. The van der Waals surface area contributed by atoms with Crippen molar-refractivity contribution in [3.63, 3.8) is 0 Å². The van der Waals surface area contributed by atoms with E-state index in [2.05, 4.69) is 92.8 Å². The molecular formula is C39H102N6O8. The summed E-state index contributed by atoms with van der Waals surface area (Å²) < 4.78 is 40.7. The molecule has 0 aromatic heterocycles. The Labute approximate surface area is 334 Å². The smallest absolute Gasteiger partial charge is 0.104 e. The van der Waals surface area contributed by atoms with Crippen LogP contribution in [0.5, 0.6) is 0 Å². The minimum atomic E-state index is -0.0324. The Kier molecular flexibility index (Phi) is 80.7. The van der Waals surface area contributed by atoms with Gasteiger partial charge in [-0.2, -0.15) is 0 Å². The molecule has 2 unspecified atom stereocenters. The predicted molar refractivity (Wildman–Crippen MR) is 234 cm³/mol. The van der Waals surface area contributed by atoms with Crippen LogP contribution in [0.3, 0.4) is 0 Å². The average molecular weight is 783 g/mol. The Bertz CT molecular complexity index is 533. The lowest BCUT2D eigenvalue weighted by atomic mass is 10.4. The molecule has 0 rings (SSSR count). The topological polar surface area (TPSA) is 93.3 Å². The molecule has 14 nitrogen and oxygen atoms in total. The second-order valence-electron chi connectivity index (χ2n) is 12.5. The molecule has 336 valence electrons. The molecular weight excluding hydrogens is 680 g/mol. The highest BCUT2D eigenvalue weighted by Crippen LogP contribution is 1.97. The first-order chi connectivity index (χ1) is 22.8. The molecule has 0 saturated heterocycles. The van der Waals surface area contributed by atoms with Crippen LogP contribution in [0.4, 0.5) is 0 Å². The van der Waals surface area contributed by atoms with Crippen molar-refractivity contribution in [2.75, 3.05) is 218 Å². The fraction of sp³-hybridized carbons (Fsp3) is 1.00. The molecule has 0 amide bonds. The first-order valence-corrected chi connectivity index (χ1v) is 16.9. The van der Waals surface area contributed by atoms with Gasteiger partial charge in [0.1, 0.15) is 12.2 Å². The molecule has 0 bridgehead atoms. The quantitative estimate of drug-likeness (QED) is 0.115. The second-order valence-corrected chi connectivity index (χ2v) is 12.5. The molecule has 14 heteroatoms. The third-order valence-corrected chi connectivity index (χ3v) is 6.67. The van der Waals surface area contributed by atoms with Crippen LogP contribution in [0.25, 0.3) is 0 Å². The Morgan fingerprint density at radius 3 is 0.811 bits per heavy atom. The van der Waals surface area contributed by atoms with E-state index in [1.807, 2.05) is 0 Å². The van der Waals surface area contributed by atoms with E-state index in [9.17, 15) is 0 Å². The van der Waals surface area contributed by atoms with Gasteiger partial charge >= 0.3 is 0 Å². The summed E-state index contributed by atoms with van der Waals surface area (Å²) >= 11 is 0. The molecule has 0 aliphatic carbocycles. The van der Waals surface area contributed by atoms with E-state index in [4.69, 9.17) is 37.9 Å². The van der Waals surface area contributed by atoms with Gasteiger partial charge in [0, 0.05) is 109 Å². The molecule has 0 aliphatic heterocycles. The second kappa shape index (κ2) is 58.2. The third kappa shape index (κ3) is 69.8. The Morgan fingerprint density at radius 1 is 0.340 bits per heavy atom. The van der Waals surface area contributed by atoms with Gasteiger partial charge in [-0.05, 0) is 63.4 Å². The van der Waals surface area contributed by atoms with E-state index in [1.54, 1.807) is 49.8 Å². The van der Waals surface area contributed by atoms with Crippen molar-refractivity contribution >= 4 is 0 Å². The molecule has 0 radical (unpaired) electrons. The monoisotopic (exact) mass is 783 g/mol. The van der Waals surface area contributed by atoms with E-state index in [0.29, 0.717) is 26.4 Å². The highest BCUT2D eigenvalue weighted by molar-refractivity contribution is 4.58. The Balaban J connectivity index is -0.0000000687. The van der Waals surface area contributed by atoms with Gasteiger partial charge in [0.05, 0.1) is 46.2 Å². The highest BCUT2D eigenvalue weighted by Gasteiger charge is 2.11. The minimum Gasteiger partial charge on any atom is -0.383 e. The van der Waals surface area contributed by atoms with Crippen molar-refractivity contribution in [2.45, 2.75) is 49.3 Å². The molecule has 0 N–H and O–H groups in total. The number of nitrogens with zero attached hydrogens (tertiary/aromatic N) is 6. The van der Waals surface area contributed by atoms with Crippen LogP contribution in [0, 0.1) is 0 Å². The van der Waals surface area contributed by atoms with Gasteiger partial charge in [-0.1, -0.05) is 37.1 Å². The maximum absolute atomic E-state index is 5.43. The lowest BCUT2D eigenvalue weighted by Gasteiger charge is -2.20. The minimum absolute atomic E-state index is 0. The van der Waals surface area contributed by atoms with Crippen LogP contribution in [0.2, 0.25) is 0 Å². The predicted octanol–water partition coefficient (Wildman–Crippen LogP) is 3.88. The van der Waals surface area contributed by atoms with Gasteiger partial charge in [0.15, 0.2) is 0 Å². The molecule has 0 aliphatic rings. The lowest BCUT2D eigenvalue weighted by molar-refractivity contribution is -0.0690. The zero-order chi connectivity index (χ0) is 37.6. The zero-order valence-corrected chi connectivity index (χ0v) is 34.4. The summed E-state index contributed by atoms with van der Waals surface area (Å²) in [6, 6.07) is 0. The van der Waals surface area contributed by atoms with Gasteiger partial charge in [-0.15, -0.1) is 0 Å². The zero-order valence-electron chi connectivity index (χ0n) is 34.4. The number of methoxy groups -OCH3 is 7. The number of rotatable bonds is 28. The number of hydrogen-bond acceptors (Lipinski definition) is 14. The van der Waals surface area contributed by atoms with E-state index in [1.165, 1.54) is 0 Å². The standard InChI is InChI=1S/C10H22O5.C9H23N3.C9H21NO3.C6H16N2.5CH4/c1-11-5-9(13-3)7-15-8-10(14-4)6-12-2;1-10(2)6-8-12(5)9-7-11(3)4;1-11-7-4-10(5-8-12-2)6-9-13-3;1-7(2)5-6-8(3)4;;;;;/h9-10H,5-8H2,1-4H3;6-9H2,1-5H3;4-9H2,1-3H3;5-6H2,1-4H3;5*1H4. The number of ether oxygens (including phenoxy) is 8. The SMILES string of the molecule is C.C.C.C.C.CN(C)CCN(C)C.CN(C)CCN(C)CCN(C)C.COCC(COCC(COC)OC)OC.COCCN(CCOC)CCOC. The maximum Gasteiger partial charge on any atom is 0.104 e. The molecule has 0 spiro atoms. The fourth-order valence-electron chi connectivity index (χ4n) is 3.32. The van der Waals surface area contributed by atoms with E-state index in [0.717, 1.165) is 78.7 Å². The highest BCUT2D eigenvalue weighted by atomic mass is 16.6. The Hall–Kier alpha value is -0.560. The van der Waals surface area contributed by atoms with Crippen molar-refractivity contribution < 1.29 is 37.9 Å². The summed E-state index contributed by atoms with van der Waals surface area (Å²) in [5.41, 5.74) is 0. The first-order valence-electron chi connectivity index (χ1n) is 16.9. The number of hydrogen-bond donors (Lipinski definition) is 0. The molecule has 0 aromatic carbocycles. The van der Waals surface area contributed by atoms with Gasteiger partial charge in [-0.25, -0.2) is 0 Å². The van der Waals surface area contributed by atoms with Crippen LogP contribution >= 0.6 is 0 Å². The van der Waals surface area contributed by atoms with E-state index in [-0.39, 0.29) is 49.3 Å². The average Bonchev–Trinajstić information content (AvgIpc) is 3.05. The lowest BCUT2D eigenvalue weighted by Crippen LogP contribution is -2.33. The first kappa shape index (κ1) is 73.5. The summed E-state index contributed by atoms with van der Waals surface area (Å²) in [7, 11) is 30.6. The van der Waals surface area contributed by atoms with E-state index < -0.39 is 0 Å². The van der Waals surface area contributed by atoms with Crippen LogP contribution < -0.4 is 0 Å². The van der Waals surface area contributed by atoms with Gasteiger partial charge in [0.25, 0.3) is 0 Å². The number of likely N-dealkylation sites (N-methyl/N-ethyl adjacent to an activating group) is 5. The third-order valence-electron chi connectivity index (χ3n) is 6.67. The molecule has 0 fully saturated rings. The largest absolute Gasteiger partial charge is 0.383 e. The van der Waals surface area contributed by atoms with Crippen LogP contribution in [-0.2, 0) is 37.9 Å². The van der Waals surface area contributed by atoms with Crippen molar-refractivity contribution in [1.82, 2.24) is 29.4 Å². The van der Waals surface area contributed by atoms with Gasteiger partial charge in [0.2, 0.25) is 0 Å². The van der Waals surface area contributed by atoms with E-state index >= 15 is 0 Å². The van der Waals surface area contributed by atoms with Crippen LogP contribution in [0.1, 0.15) is 37.1 Å². The van der Waals surface area contributed by atoms with Crippen molar-refractivity contribution in [3.8, 4) is 0 Å². The van der Waals surface area contributed by atoms with Crippen molar-refractivity contribution in [3.05, 3.63) is 0 Å². The summed E-state index contributed by atoms with van der Waals surface area (Å²) in [6.07, 6.45) is -0.0647. The normalized spacial score (nSPS) is 11.4. The fourth-order valence-corrected chi connectivity index (χ4v) is 3.32.